The molecule has 3 rings (SSSR count). The van der Waals surface area contributed by atoms with Crippen LogP contribution in [0.3, 0.4) is 0 Å². The summed E-state index contributed by atoms with van der Waals surface area (Å²) < 4.78 is 46.2. The maximum atomic E-state index is 13.5. The molecule has 160 valence electrons. The fourth-order valence-electron chi connectivity index (χ4n) is 3.60. The predicted octanol–water partition coefficient (Wildman–Crippen LogP) is 1.05. The Morgan fingerprint density at radius 1 is 1.21 bits per heavy atom. The van der Waals surface area contributed by atoms with Crippen LogP contribution in [0, 0.1) is 12.7 Å². The van der Waals surface area contributed by atoms with Crippen LogP contribution in [0.4, 0.5) is 4.39 Å². The molecule has 1 heterocycles. The van der Waals surface area contributed by atoms with Gasteiger partial charge in [0.05, 0.1) is 18.0 Å². The minimum absolute atomic E-state index is 0.0118. The molecular weight excluding hydrogens is 401 g/mol. The van der Waals surface area contributed by atoms with Gasteiger partial charge in [0.1, 0.15) is 12.0 Å². The van der Waals surface area contributed by atoms with E-state index < -0.39 is 33.9 Å². The quantitative estimate of drug-likeness (QED) is 0.684. The molecule has 2 aliphatic rings. The van der Waals surface area contributed by atoms with E-state index in [1.807, 2.05) is 0 Å². The number of sulfonamides is 1. The lowest BCUT2D eigenvalue weighted by Crippen LogP contribution is -2.53. The molecule has 2 N–H and O–H groups in total. The van der Waals surface area contributed by atoms with Gasteiger partial charge in [0.15, 0.2) is 0 Å². The van der Waals surface area contributed by atoms with Crippen molar-refractivity contribution in [2.24, 2.45) is 0 Å². The Hall–Kier alpha value is -2.04. The summed E-state index contributed by atoms with van der Waals surface area (Å²) in [4.78, 5) is 24.1. The molecule has 0 aromatic heterocycles. The van der Waals surface area contributed by atoms with Gasteiger partial charge in [0.25, 0.3) is 0 Å². The Balaban J connectivity index is 1.65. The van der Waals surface area contributed by atoms with Crippen LogP contribution in [0.1, 0.15) is 37.7 Å². The molecule has 1 aromatic rings. The van der Waals surface area contributed by atoms with Crippen LogP contribution in [0.25, 0.3) is 0 Å². The second kappa shape index (κ2) is 9.19. The molecule has 0 spiro atoms. The van der Waals surface area contributed by atoms with Gasteiger partial charge >= 0.3 is 11.8 Å². The molecule has 0 bridgehead atoms. The Kier molecular flexibility index (Phi) is 6.86. The van der Waals surface area contributed by atoms with E-state index in [2.05, 4.69) is 10.6 Å². The number of carbonyl (C=O) groups excluding carboxylic acids is 2. The van der Waals surface area contributed by atoms with Crippen molar-refractivity contribution in [3.63, 3.8) is 0 Å². The van der Waals surface area contributed by atoms with Crippen molar-refractivity contribution in [2.45, 2.75) is 56.2 Å². The SMILES string of the molecule is Cc1cc(S(=O)(=O)N2CCCOC2CNC(=O)C(=O)NC2CCCC2)ccc1F. The number of hydrogen-bond donors (Lipinski definition) is 2. The second-order valence-corrected chi connectivity index (χ2v) is 9.26. The molecule has 10 heteroatoms. The molecule has 8 nitrogen and oxygen atoms in total. The number of halogens is 1. The smallest absolute Gasteiger partial charge is 0.309 e. The van der Waals surface area contributed by atoms with E-state index in [-0.39, 0.29) is 29.6 Å². The van der Waals surface area contributed by atoms with E-state index in [0.717, 1.165) is 36.1 Å². The van der Waals surface area contributed by atoms with Gasteiger partial charge in [0, 0.05) is 12.6 Å². The largest absolute Gasteiger partial charge is 0.360 e. The zero-order chi connectivity index (χ0) is 21.0. The van der Waals surface area contributed by atoms with Gasteiger partial charge in [-0.05, 0) is 49.9 Å². The molecule has 1 atom stereocenters. The first kappa shape index (κ1) is 21.7. The number of aryl methyl sites for hydroxylation is 1. The predicted molar refractivity (Wildman–Crippen MR) is 103 cm³/mol. The van der Waals surface area contributed by atoms with E-state index in [9.17, 15) is 22.4 Å². The Bertz CT molecular complexity index is 871. The van der Waals surface area contributed by atoms with E-state index in [1.165, 1.54) is 19.1 Å². The number of hydrogen-bond acceptors (Lipinski definition) is 5. The maximum Gasteiger partial charge on any atom is 0.309 e. The topological polar surface area (TPSA) is 105 Å². The summed E-state index contributed by atoms with van der Waals surface area (Å²) in [7, 11) is -3.95. The summed E-state index contributed by atoms with van der Waals surface area (Å²) in [5.74, 6) is -2.03. The van der Waals surface area contributed by atoms with Gasteiger partial charge < -0.3 is 15.4 Å². The summed E-state index contributed by atoms with van der Waals surface area (Å²) >= 11 is 0. The van der Waals surface area contributed by atoms with Crippen LogP contribution in [-0.2, 0) is 24.3 Å². The van der Waals surface area contributed by atoms with Crippen LogP contribution in [-0.4, -0.2) is 56.5 Å². The normalized spacial score (nSPS) is 21.1. The first-order chi connectivity index (χ1) is 13.8. The Morgan fingerprint density at radius 3 is 2.62 bits per heavy atom. The number of nitrogens with one attached hydrogen (secondary N) is 2. The van der Waals surface area contributed by atoms with Crippen LogP contribution in [0.15, 0.2) is 23.1 Å². The lowest BCUT2D eigenvalue weighted by molar-refractivity contribution is -0.140. The highest BCUT2D eigenvalue weighted by atomic mass is 32.2. The van der Waals surface area contributed by atoms with Gasteiger partial charge in [0.2, 0.25) is 10.0 Å². The highest BCUT2D eigenvalue weighted by Gasteiger charge is 2.35. The first-order valence-corrected chi connectivity index (χ1v) is 11.2. The molecule has 1 unspecified atom stereocenters. The van der Waals surface area contributed by atoms with E-state index in [0.29, 0.717) is 13.0 Å². The molecule has 1 aliphatic heterocycles. The third-order valence-electron chi connectivity index (χ3n) is 5.22. The van der Waals surface area contributed by atoms with E-state index >= 15 is 0 Å². The van der Waals surface area contributed by atoms with Gasteiger partial charge in [-0.2, -0.15) is 4.31 Å². The average Bonchev–Trinajstić information content (AvgIpc) is 3.21. The van der Waals surface area contributed by atoms with E-state index in [4.69, 9.17) is 4.74 Å². The molecule has 1 saturated heterocycles. The van der Waals surface area contributed by atoms with Crippen molar-refractivity contribution < 1.29 is 27.1 Å². The minimum atomic E-state index is -3.95. The summed E-state index contributed by atoms with van der Waals surface area (Å²) in [6.07, 6.45) is 3.31. The lowest BCUT2D eigenvalue weighted by Gasteiger charge is -2.34. The van der Waals surface area contributed by atoms with Crippen molar-refractivity contribution in [3.8, 4) is 0 Å². The molecule has 0 radical (unpaired) electrons. The van der Waals surface area contributed by atoms with Gasteiger partial charge in [-0.25, -0.2) is 12.8 Å². The third kappa shape index (κ3) is 5.12. The van der Waals surface area contributed by atoms with Crippen molar-refractivity contribution in [1.29, 1.82) is 0 Å². The zero-order valence-electron chi connectivity index (χ0n) is 16.3. The van der Waals surface area contributed by atoms with Crippen LogP contribution >= 0.6 is 0 Å². The van der Waals surface area contributed by atoms with Crippen molar-refractivity contribution in [1.82, 2.24) is 14.9 Å². The fourth-order valence-corrected chi connectivity index (χ4v) is 5.25. The number of nitrogens with zero attached hydrogens (tertiary/aromatic N) is 1. The Labute approximate surface area is 169 Å². The average molecular weight is 427 g/mol. The Morgan fingerprint density at radius 2 is 1.93 bits per heavy atom. The highest BCUT2D eigenvalue weighted by Crippen LogP contribution is 2.23. The summed E-state index contributed by atoms with van der Waals surface area (Å²) in [6, 6.07) is 3.59. The zero-order valence-corrected chi connectivity index (χ0v) is 17.1. The molecule has 1 aliphatic carbocycles. The van der Waals surface area contributed by atoms with Crippen molar-refractivity contribution in [3.05, 3.63) is 29.6 Å². The number of benzene rings is 1. The molecule has 1 saturated carbocycles. The van der Waals surface area contributed by atoms with Gasteiger partial charge in [-0.15, -0.1) is 0 Å². The van der Waals surface area contributed by atoms with Crippen LogP contribution in [0.5, 0.6) is 0 Å². The second-order valence-electron chi connectivity index (χ2n) is 7.37. The molecule has 1 aromatic carbocycles. The molecular formula is C19H26FN3O5S. The molecule has 2 fully saturated rings. The standard InChI is InChI=1S/C19H26FN3O5S/c1-13-11-15(7-8-16(13)20)29(26,27)23-9-4-10-28-17(23)12-21-18(24)19(25)22-14-5-2-3-6-14/h7-8,11,14,17H,2-6,9-10,12H2,1H3,(H,21,24)(H,22,25). The molecule has 2 amide bonds. The molecule has 29 heavy (non-hydrogen) atoms. The number of carbonyl (C=O) groups is 2. The summed E-state index contributed by atoms with van der Waals surface area (Å²) in [5, 5.41) is 5.14. The number of rotatable bonds is 5. The van der Waals surface area contributed by atoms with Gasteiger partial charge in [-0.3, -0.25) is 9.59 Å². The van der Waals surface area contributed by atoms with Crippen LogP contribution < -0.4 is 10.6 Å². The number of ether oxygens (including phenoxy) is 1. The highest BCUT2D eigenvalue weighted by molar-refractivity contribution is 7.89. The maximum absolute atomic E-state index is 13.5. The first-order valence-electron chi connectivity index (χ1n) is 9.77. The minimum Gasteiger partial charge on any atom is -0.360 e. The summed E-state index contributed by atoms with van der Waals surface area (Å²) in [5.41, 5.74) is 0.220. The lowest BCUT2D eigenvalue weighted by atomic mass is 10.2. The summed E-state index contributed by atoms with van der Waals surface area (Å²) in [6.45, 7) is 1.87. The van der Waals surface area contributed by atoms with Crippen molar-refractivity contribution in [2.75, 3.05) is 19.7 Å². The van der Waals surface area contributed by atoms with E-state index in [1.54, 1.807) is 0 Å². The monoisotopic (exact) mass is 427 g/mol. The van der Waals surface area contributed by atoms with Gasteiger partial charge in [-0.1, -0.05) is 12.8 Å². The van der Waals surface area contributed by atoms with Crippen molar-refractivity contribution >= 4 is 21.8 Å². The van der Waals surface area contributed by atoms with Crippen LogP contribution in [0.2, 0.25) is 0 Å². The number of amides is 2. The fraction of sp³-hybridized carbons (Fsp3) is 0.579. The third-order valence-corrected chi connectivity index (χ3v) is 7.11.